The van der Waals surface area contributed by atoms with Gasteiger partial charge >= 0.3 is 0 Å². The summed E-state index contributed by atoms with van der Waals surface area (Å²) in [4.78, 5) is 31.1. The monoisotopic (exact) mass is 857 g/mol. The normalized spacial score (nSPS) is 13.6. The van der Waals surface area contributed by atoms with E-state index in [4.69, 9.17) is 0 Å². The fourth-order valence-electron chi connectivity index (χ4n) is 9.58. The van der Waals surface area contributed by atoms with Crippen molar-refractivity contribution >= 4 is 43.6 Å². The Morgan fingerprint density at radius 1 is 0.297 bits per heavy atom. The Kier molecular flexibility index (Phi) is 10.9. The molecule has 64 heavy (non-hydrogen) atoms. The van der Waals surface area contributed by atoms with Crippen molar-refractivity contribution in [1.29, 1.82) is 0 Å². The van der Waals surface area contributed by atoms with Gasteiger partial charge in [0.2, 0.25) is 0 Å². The second-order valence-corrected chi connectivity index (χ2v) is 25.5. The molecule has 0 saturated carbocycles. The third-order valence-electron chi connectivity index (χ3n) is 13.9. The third kappa shape index (κ3) is 7.85. The lowest BCUT2D eigenvalue weighted by atomic mass is 9.74. The van der Waals surface area contributed by atoms with Crippen molar-refractivity contribution < 1.29 is 0 Å². The second kappa shape index (κ2) is 14.8. The van der Waals surface area contributed by atoms with Crippen molar-refractivity contribution in [2.24, 2.45) is 0 Å². The van der Waals surface area contributed by atoms with Gasteiger partial charge in [0.15, 0.2) is 10.9 Å². The standard InChI is InChI=1S/C60H76N2O2/c1-33-23-39-47(25-35(33)3)61(51-43(57(11,12)13)27-37(55(5,6)7)28-44(51)58(14,15)16)49-32-42-50(31-41(49)53(39)63)62(48-26-36(4)34(2)24-40(48)54(42)64)52-45(59(17,18)19)29-38(56(8,9)10)30-46(52)60(20,21)22/h23-32H,1-22H3. The topological polar surface area (TPSA) is 44.0 Å². The minimum absolute atomic E-state index is 0.0264. The fourth-order valence-corrected chi connectivity index (χ4v) is 9.58. The predicted molar refractivity (Wildman–Crippen MR) is 279 cm³/mol. The molecule has 0 aliphatic heterocycles. The summed E-state index contributed by atoms with van der Waals surface area (Å²) >= 11 is 0. The maximum absolute atomic E-state index is 15.5. The summed E-state index contributed by atoms with van der Waals surface area (Å²) < 4.78 is 4.72. The lowest BCUT2D eigenvalue weighted by Gasteiger charge is -2.36. The molecule has 0 atom stereocenters. The van der Waals surface area contributed by atoms with Gasteiger partial charge in [-0.1, -0.05) is 149 Å². The quantitative estimate of drug-likeness (QED) is 0.163. The Bertz CT molecular complexity index is 2920. The second-order valence-electron chi connectivity index (χ2n) is 25.5. The van der Waals surface area contributed by atoms with Gasteiger partial charge in [0, 0.05) is 21.5 Å². The highest BCUT2D eigenvalue weighted by molar-refractivity contribution is 6.06. The van der Waals surface area contributed by atoms with E-state index in [1.807, 2.05) is 0 Å². The first kappa shape index (κ1) is 47.0. The number of aromatic nitrogens is 2. The first-order valence-electron chi connectivity index (χ1n) is 23.5. The number of nitrogens with zero attached hydrogens (tertiary/aromatic N) is 2. The van der Waals surface area contributed by atoms with E-state index >= 15 is 9.59 Å². The van der Waals surface area contributed by atoms with Crippen LogP contribution in [0.1, 0.15) is 180 Å². The highest BCUT2D eigenvalue weighted by Gasteiger charge is 2.34. The minimum atomic E-state index is -0.265. The molecule has 0 unspecified atom stereocenters. The smallest absolute Gasteiger partial charge is 0.197 e. The van der Waals surface area contributed by atoms with Crippen LogP contribution in [0.15, 0.2) is 70.3 Å². The Morgan fingerprint density at radius 3 is 0.750 bits per heavy atom. The van der Waals surface area contributed by atoms with E-state index in [1.54, 1.807) is 0 Å². The van der Waals surface area contributed by atoms with E-state index in [2.05, 4.69) is 222 Å². The van der Waals surface area contributed by atoms with Crippen molar-refractivity contribution in [1.82, 2.24) is 9.13 Å². The van der Waals surface area contributed by atoms with Gasteiger partial charge in [0.05, 0.1) is 33.4 Å². The van der Waals surface area contributed by atoms with Crippen molar-refractivity contribution in [3.05, 3.63) is 137 Å². The first-order chi connectivity index (χ1) is 29.0. The maximum atomic E-state index is 15.5. The first-order valence-corrected chi connectivity index (χ1v) is 23.5. The molecule has 338 valence electrons. The van der Waals surface area contributed by atoms with Crippen LogP contribution >= 0.6 is 0 Å². The number of pyridine rings is 2. The van der Waals surface area contributed by atoms with E-state index < -0.39 is 0 Å². The highest BCUT2D eigenvalue weighted by Crippen LogP contribution is 2.45. The zero-order valence-electron chi connectivity index (χ0n) is 43.5. The van der Waals surface area contributed by atoms with Crippen molar-refractivity contribution in [3.8, 4) is 11.4 Å². The van der Waals surface area contributed by atoms with Gasteiger partial charge in [-0.15, -0.1) is 0 Å². The molecule has 0 spiro atoms. The van der Waals surface area contributed by atoms with Crippen LogP contribution in [-0.4, -0.2) is 9.13 Å². The average molecular weight is 857 g/mol. The number of benzene rings is 5. The molecule has 2 aromatic heterocycles. The Morgan fingerprint density at radius 2 is 0.516 bits per heavy atom. The molecule has 0 aliphatic rings. The molecule has 7 aromatic rings. The summed E-state index contributed by atoms with van der Waals surface area (Å²) in [6.45, 7) is 49.7. The number of hydrogen-bond donors (Lipinski definition) is 0. The molecule has 0 N–H and O–H groups in total. The van der Waals surface area contributed by atoms with Crippen LogP contribution in [0.5, 0.6) is 0 Å². The van der Waals surface area contributed by atoms with Gasteiger partial charge in [-0.3, -0.25) is 9.59 Å². The zero-order valence-corrected chi connectivity index (χ0v) is 43.5. The summed E-state index contributed by atoms with van der Waals surface area (Å²) in [5, 5.41) is 2.55. The van der Waals surface area contributed by atoms with Crippen LogP contribution in [0.4, 0.5) is 0 Å². The maximum Gasteiger partial charge on any atom is 0.197 e. The van der Waals surface area contributed by atoms with Crippen LogP contribution in [0.2, 0.25) is 0 Å². The molecular formula is C60H76N2O2. The lowest BCUT2D eigenvalue weighted by Crippen LogP contribution is -2.27. The summed E-state index contributed by atoms with van der Waals surface area (Å²) in [6.07, 6.45) is 0. The van der Waals surface area contributed by atoms with Crippen molar-refractivity contribution in [2.75, 3.05) is 0 Å². The van der Waals surface area contributed by atoms with Crippen LogP contribution in [0.25, 0.3) is 55.0 Å². The molecule has 4 heteroatoms. The van der Waals surface area contributed by atoms with Gasteiger partial charge in [-0.2, -0.15) is 0 Å². The van der Waals surface area contributed by atoms with Gasteiger partial charge in [0.1, 0.15) is 0 Å². The molecular weight excluding hydrogens is 781 g/mol. The summed E-state index contributed by atoms with van der Waals surface area (Å²) in [5.74, 6) is 0. The van der Waals surface area contributed by atoms with E-state index in [-0.39, 0.29) is 43.3 Å². The van der Waals surface area contributed by atoms with Crippen LogP contribution in [-0.2, 0) is 32.5 Å². The molecule has 4 nitrogen and oxygen atoms in total. The molecule has 5 aromatic carbocycles. The molecule has 0 radical (unpaired) electrons. The molecule has 2 heterocycles. The molecule has 0 fully saturated rings. The predicted octanol–water partition coefficient (Wildman–Crippen LogP) is 15.6. The number of aryl methyl sites for hydroxylation is 4. The number of fused-ring (bicyclic) bond motifs is 4. The fraction of sp³-hybridized carbons (Fsp3) is 0.467. The SMILES string of the molecule is Cc1cc2c(=O)c3cc4c(cc3n(-c3c(C(C)(C)C)cc(C(C)(C)C)cc3C(C)(C)C)c2cc1C)c(=O)c1cc(C)c(C)cc1n4-c1c(C(C)(C)C)cc(C(C)(C)C)cc1C(C)(C)C. The lowest BCUT2D eigenvalue weighted by molar-refractivity contribution is 0.544. The van der Waals surface area contributed by atoms with Crippen molar-refractivity contribution in [3.63, 3.8) is 0 Å². The summed E-state index contributed by atoms with van der Waals surface area (Å²) in [5.41, 5.74) is 15.8. The minimum Gasteiger partial charge on any atom is -0.308 e. The summed E-state index contributed by atoms with van der Waals surface area (Å²) in [7, 11) is 0. The van der Waals surface area contributed by atoms with Gasteiger partial charge in [-0.25, -0.2) is 0 Å². The average Bonchev–Trinajstić information content (AvgIpc) is 3.13. The van der Waals surface area contributed by atoms with Crippen LogP contribution < -0.4 is 10.9 Å². The number of rotatable bonds is 2. The molecule has 0 saturated heterocycles. The van der Waals surface area contributed by atoms with E-state index in [0.29, 0.717) is 21.5 Å². The number of hydrogen-bond acceptors (Lipinski definition) is 2. The molecule has 0 amide bonds. The highest BCUT2D eigenvalue weighted by atomic mass is 16.1. The van der Waals surface area contributed by atoms with Crippen LogP contribution in [0, 0.1) is 27.7 Å². The molecule has 0 aliphatic carbocycles. The zero-order chi connectivity index (χ0) is 47.9. The van der Waals surface area contributed by atoms with Crippen LogP contribution in [0.3, 0.4) is 0 Å². The molecule has 0 bridgehead atoms. The van der Waals surface area contributed by atoms with E-state index in [9.17, 15) is 0 Å². The molecule has 7 rings (SSSR count). The van der Waals surface area contributed by atoms with Gasteiger partial charge in [-0.05, 0) is 152 Å². The Balaban J connectivity index is 1.87. The van der Waals surface area contributed by atoms with Gasteiger partial charge in [0.25, 0.3) is 0 Å². The Labute approximate surface area is 384 Å². The van der Waals surface area contributed by atoms with E-state index in [0.717, 1.165) is 55.7 Å². The summed E-state index contributed by atoms with van der Waals surface area (Å²) in [6, 6.07) is 22.3. The van der Waals surface area contributed by atoms with E-state index in [1.165, 1.54) is 33.4 Å². The Hall–Kier alpha value is -4.96. The van der Waals surface area contributed by atoms with Gasteiger partial charge < -0.3 is 9.13 Å². The third-order valence-corrected chi connectivity index (χ3v) is 13.9. The largest absolute Gasteiger partial charge is 0.308 e. The van der Waals surface area contributed by atoms with Crippen molar-refractivity contribution in [2.45, 2.75) is 185 Å².